The van der Waals surface area contributed by atoms with Gasteiger partial charge in [0.2, 0.25) is 0 Å². The number of aryl methyl sites for hydroxylation is 1. The topological polar surface area (TPSA) is 29.3 Å². The van der Waals surface area contributed by atoms with Crippen LogP contribution in [-0.4, -0.2) is 24.5 Å². The van der Waals surface area contributed by atoms with Crippen LogP contribution in [0.25, 0.3) is 0 Å². The van der Waals surface area contributed by atoms with E-state index in [-0.39, 0.29) is 6.04 Å². The van der Waals surface area contributed by atoms with Crippen molar-refractivity contribution in [1.29, 1.82) is 0 Å². The predicted octanol–water partition coefficient (Wildman–Crippen LogP) is 3.03. The van der Waals surface area contributed by atoms with Crippen molar-refractivity contribution in [2.45, 2.75) is 39.3 Å². The molecule has 0 amide bonds. The summed E-state index contributed by atoms with van der Waals surface area (Å²) in [5, 5.41) is 0. The van der Waals surface area contributed by atoms with Crippen molar-refractivity contribution in [2.75, 3.05) is 13.6 Å². The first kappa shape index (κ1) is 13.1. The van der Waals surface area contributed by atoms with E-state index in [1.54, 1.807) is 0 Å². The second-order valence-electron chi connectivity index (χ2n) is 5.67. The average molecular weight is 252 g/mol. The lowest BCUT2D eigenvalue weighted by atomic mass is 10.1. The first-order chi connectivity index (χ1) is 7.99. The van der Waals surface area contributed by atoms with Gasteiger partial charge in [-0.15, -0.1) is 11.3 Å². The SMILES string of the molecule is Cc1ccc(C(C(C)N)N(C)CC2CC2C)s1. The molecule has 2 rings (SSSR count). The number of thiophene rings is 1. The van der Waals surface area contributed by atoms with E-state index in [2.05, 4.69) is 44.9 Å². The lowest BCUT2D eigenvalue weighted by Crippen LogP contribution is -2.37. The quantitative estimate of drug-likeness (QED) is 0.873. The minimum absolute atomic E-state index is 0.187. The molecule has 3 heteroatoms. The molecule has 1 heterocycles. The molecule has 1 aliphatic rings. The summed E-state index contributed by atoms with van der Waals surface area (Å²) in [5.74, 6) is 1.80. The van der Waals surface area contributed by atoms with E-state index >= 15 is 0 Å². The first-order valence-electron chi connectivity index (χ1n) is 6.51. The Morgan fingerprint density at radius 2 is 2.18 bits per heavy atom. The van der Waals surface area contributed by atoms with Crippen molar-refractivity contribution in [2.24, 2.45) is 17.6 Å². The highest BCUT2D eigenvalue weighted by atomic mass is 32.1. The summed E-state index contributed by atoms with van der Waals surface area (Å²) in [6, 6.07) is 5.00. The molecular formula is C14H24N2S. The molecule has 17 heavy (non-hydrogen) atoms. The normalized spacial score (nSPS) is 27.2. The zero-order valence-corrected chi connectivity index (χ0v) is 12.1. The van der Waals surface area contributed by atoms with Gasteiger partial charge in [0, 0.05) is 22.3 Å². The Labute approximate surface area is 109 Å². The number of likely N-dealkylation sites (N-methyl/N-ethyl adjacent to an activating group) is 1. The van der Waals surface area contributed by atoms with Crippen LogP contribution in [0.3, 0.4) is 0 Å². The summed E-state index contributed by atoms with van der Waals surface area (Å²) in [6.45, 7) is 7.81. The molecule has 1 aromatic rings. The molecule has 0 radical (unpaired) electrons. The average Bonchev–Trinajstić information content (AvgIpc) is 2.73. The molecule has 1 aromatic heterocycles. The van der Waals surface area contributed by atoms with E-state index < -0.39 is 0 Å². The molecular weight excluding hydrogens is 228 g/mol. The van der Waals surface area contributed by atoms with Gasteiger partial charge in [-0.1, -0.05) is 6.92 Å². The number of nitrogens with zero attached hydrogens (tertiary/aromatic N) is 1. The first-order valence-corrected chi connectivity index (χ1v) is 7.33. The molecule has 0 bridgehead atoms. The predicted molar refractivity (Wildman–Crippen MR) is 75.3 cm³/mol. The highest BCUT2D eigenvalue weighted by Crippen LogP contribution is 2.40. The van der Waals surface area contributed by atoms with E-state index in [0.717, 1.165) is 11.8 Å². The Hall–Kier alpha value is -0.380. The van der Waals surface area contributed by atoms with E-state index in [9.17, 15) is 0 Å². The monoisotopic (exact) mass is 252 g/mol. The standard InChI is InChI=1S/C14H24N2S/c1-9-7-12(9)8-16(4)14(11(3)15)13-6-5-10(2)17-13/h5-6,9,11-12,14H,7-8,15H2,1-4H3. The highest BCUT2D eigenvalue weighted by molar-refractivity contribution is 7.12. The summed E-state index contributed by atoms with van der Waals surface area (Å²) in [6.07, 6.45) is 1.39. The van der Waals surface area contributed by atoms with Crippen LogP contribution in [0.4, 0.5) is 0 Å². The minimum atomic E-state index is 0.187. The van der Waals surface area contributed by atoms with E-state index in [1.807, 2.05) is 11.3 Å². The summed E-state index contributed by atoms with van der Waals surface area (Å²) in [4.78, 5) is 5.23. The molecule has 0 aromatic carbocycles. The minimum Gasteiger partial charge on any atom is -0.326 e. The second-order valence-corrected chi connectivity index (χ2v) is 6.98. The van der Waals surface area contributed by atoms with Crippen LogP contribution in [0.5, 0.6) is 0 Å². The molecule has 2 N–H and O–H groups in total. The van der Waals surface area contributed by atoms with Gasteiger partial charge in [-0.25, -0.2) is 0 Å². The maximum absolute atomic E-state index is 6.17. The zero-order valence-electron chi connectivity index (χ0n) is 11.3. The maximum atomic E-state index is 6.17. The maximum Gasteiger partial charge on any atom is 0.0588 e. The van der Waals surface area contributed by atoms with Crippen LogP contribution in [0.15, 0.2) is 12.1 Å². The number of hydrogen-bond donors (Lipinski definition) is 1. The molecule has 0 aliphatic heterocycles. The number of rotatable bonds is 5. The van der Waals surface area contributed by atoms with Crippen LogP contribution in [-0.2, 0) is 0 Å². The molecule has 2 nitrogen and oxygen atoms in total. The number of hydrogen-bond acceptors (Lipinski definition) is 3. The van der Waals surface area contributed by atoms with Crippen LogP contribution in [0, 0.1) is 18.8 Å². The van der Waals surface area contributed by atoms with Gasteiger partial charge in [-0.05, 0) is 51.3 Å². The Kier molecular flexibility index (Phi) is 3.91. The zero-order chi connectivity index (χ0) is 12.6. The Balaban J connectivity index is 2.06. The van der Waals surface area contributed by atoms with Crippen LogP contribution in [0.2, 0.25) is 0 Å². The molecule has 4 atom stereocenters. The molecule has 96 valence electrons. The van der Waals surface area contributed by atoms with Crippen LogP contribution >= 0.6 is 11.3 Å². The van der Waals surface area contributed by atoms with Crippen molar-refractivity contribution in [3.63, 3.8) is 0 Å². The summed E-state index contributed by atoms with van der Waals surface area (Å²) < 4.78 is 0. The van der Waals surface area contributed by atoms with Crippen molar-refractivity contribution in [3.05, 3.63) is 21.9 Å². The van der Waals surface area contributed by atoms with E-state index in [1.165, 1.54) is 22.7 Å². The van der Waals surface area contributed by atoms with E-state index in [4.69, 9.17) is 5.73 Å². The van der Waals surface area contributed by atoms with Gasteiger partial charge in [0.1, 0.15) is 0 Å². The molecule has 1 aliphatic carbocycles. The van der Waals surface area contributed by atoms with Gasteiger partial charge in [-0.3, -0.25) is 4.90 Å². The van der Waals surface area contributed by atoms with Crippen molar-refractivity contribution in [1.82, 2.24) is 4.90 Å². The van der Waals surface area contributed by atoms with Crippen molar-refractivity contribution < 1.29 is 0 Å². The fourth-order valence-electron chi connectivity index (χ4n) is 2.63. The van der Waals surface area contributed by atoms with E-state index in [0.29, 0.717) is 6.04 Å². The third kappa shape index (κ3) is 3.09. The van der Waals surface area contributed by atoms with Crippen LogP contribution in [0.1, 0.15) is 36.1 Å². The van der Waals surface area contributed by atoms with Gasteiger partial charge in [0.05, 0.1) is 6.04 Å². The Morgan fingerprint density at radius 1 is 1.53 bits per heavy atom. The summed E-state index contributed by atoms with van der Waals surface area (Å²) in [7, 11) is 2.22. The number of nitrogens with two attached hydrogens (primary N) is 1. The van der Waals surface area contributed by atoms with Gasteiger partial charge in [0.25, 0.3) is 0 Å². The largest absolute Gasteiger partial charge is 0.326 e. The van der Waals surface area contributed by atoms with Gasteiger partial charge in [-0.2, -0.15) is 0 Å². The Morgan fingerprint density at radius 3 is 2.59 bits per heavy atom. The van der Waals surface area contributed by atoms with Gasteiger partial charge in [0.15, 0.2) is 0 Å². The van der Waals surface area contributed by atoms with Crippen LogP contribution < -0.4 is 5.73 Å². The van der Waals surface area contributed by atoms with Gasteiger partial charge >= 0.3 is 0 Å². The summed E-state index contributed by atoms with van der Waals surface area (Å²) in [5.41, 5.74) is 6.17. The van der Waals surface area contributed by atoms with Crippen molar-refractivity contribution in [3.8, 4) is 0 Å². The third-order valence-electron chi connectivity index (χ3n) is 3.82. The lowest BCUT2D eigenvalue weighted by Gasteiger charge is -2.30. The third-order valence-corrected chi connectivity index (χ3v) is 4.90. The highest BCUT2D eigenvalue weighted by Gasteiger charge is 2.35. The smallest absolute Gasteiger partial charge is 0.0588 e. The molecule has 1 fully saturated rings. The Bertz CT molecular complexity index is 372. The fourth-order valence-corrected chi connectivity index (χ4v) is 3.79. The summed E-state index contributed by atoms with van der Waals surface area (Å²) >= 11 is 1.88. The molecule has 0 spiro atoms. The van der Waals surface area contributed by atoms with Crippen molar-refractivity contribution >= 4 is 11.3 Å². The molecule has 4 unspecified atom stereocenters. The fraction of sp³-hybridized carbons (Fsp3) is 0.714. The molecule has 0 saturated heterocycles. The lowest BCUT2D eigenvalue weighted by molar-refractivity contribution is 0.211. The second kappa shape index (κ2) is 5.09. The molecule has 1 saturated carbocycles. The van der Waals surface area contributed by atoms with Gasteiger partial charge < -0.3 is 5.73 Å².